The maximum Gasteiger partial charge on any atom is 0.320 e. The molecule has 0 aliphatic carbocycles. The molecule has 2 atom stereocenters. The van der Waals surface area contributed by atoms with Crippen LogP contribution < -0.4 is 5.32 Å². The minimum absolute atomic E-state index is 0.0154. The van der Waals surface area contributed by atoms with Crippen LogP contribution in [0.25, 0.3) is 22.2 Å². The first-order valence-corrected chi connectivity index (χ1v) is 14.0. The van der Waals surface area contributed by atoms with Crippen LogP contribution in [0.2, 0.25) is 5.02 Å². The first-order chi connectivity index (χ1) is 19.1. The van der Waals surface area contributed by atoms with Gasteiger partial charge in [0.05, 0.1) is 16.8 Å². The molecule has 0 radical (unpaired) electrons. The summed E-state index contributed by atoms with van der Waals surface area (Å²) in [5.41, 5.74) is 1.00. The summed E-state index contributed by atoms with van der Waals surface area (Å²) in [5, 5.41) is 3.32. The maximum absolute atomic E-state index is 15.1. The lowest BCUT2D eigenvalue weighted by Gasteiger charge is -2.30. The monoisotopic (exact) mass is 628 g/mol. The van der Waals surface area contributed by atoms with Crippen molar-refractivity contribution in [1.82, 2.24) is 10.3 Å². The summed E-state index contributed by atoms with van der Waals surface area (Å²) < 4.78 is 35.2. The number of nitrogens with zero attached hydrogens (tertiary/aromatic N) is 1. The molecule has 2 unspecified atom stereocenters. The van der Waals surface area contributed by atoms with Gasteiger partial charge in [0, 0.05) is 39.0 Å². The SMILES string of the molecule is CCCC(F)OC(=O)C(C)(CNC(=O)c1c(C)c(-c2ccccc2)nc2ccc(Br)cc12)c1c(F)cccc1Cl. The van der Waals surface area contributed by atoms with Gasteiger partial charge in [-0.25, -0.2) is 13.8 Å². The van der Waals surface area contributed by atoms with Crippen molar-refractivity contribution >= 4 is 50.3 Å². The van der Waals surface area contributed by atoms with E-state index in [-0.39, 0.29) is 17.0 Å². The van der Waals surface area contributed by atoms with Gasteiger partial charge in [-0.3, -0.25) is 9.59 Å². The van der Waals surface area contributed by atoms with E-state index in [2.05, 4.69) is 21.2 Å². The number of nitrogens with one attached hydrogen (secondary N) is 1. The lowest BCUT2D eigenvalue weighted by Crippen LogP contribution is -2.47. The minimum atomic E-state index is -1.88. The van der Waals surface area contributed by atoms with Gasteiger partial charge in [-0.05, 0) is 56.2 Å². The smallest absolute Gasteiger partial charge is 0.320 e. The van der Waals surface area contributed by atoms with Gasteiger partial charge in [0.25, 0.3) is 5.91 Å². The fraction of sp³-hybridized carbons (Fsp3) is 0.258. The van der Waals surface area contributed by atoms with Crippen LogP contribution in [0.3, 0.4) is 0 Å². The molecule has 1 N–H and O–H groups in total. The number of hydrogen-bond donors (Lipinski definition) is 1. The average molecular weight is 630 g/mol. The third kappa shape index (κ3) is 6.03. The van der Waals surface area contributed by atoms with Crippen LogP contribution in [-0.4, -0.2) is 29.8 Å². The molecule has 5 nitrogen and oxygen atoms in total. The molecule has 9 heteroatoms. The summed E-state index contributed by atoms with van der Waals surface area (Å²) in [6.45, 7) is 4.52. The van der Waals surface area contributed by atoms with Gasteiger partial charge in [-0.15, -0.1) is 0 Å². The zero-order chi connectivity index (χ0) is 29.0. The van der Waals surface area contributed by atoms with E-state index < -0.39 is 36.0 Å². The predicted molar refractivity (Wildman–Crippen MR) is 157 cm³/mol. The van der Waals surface area contributed by atoms with Gasteiger partial charge in [0.2, 0.25) is 6.36 Å². The largest absolute Gasteiger partial charge is 0.430 e. The van der Waals surface area contributed by atoms with Gasteiger partial charge < -0.3 is 10.1 Å². The van der Waals surface area contributed by atoms with E-state index in [1.807, 2.05) is 36.4 Å². The highest BCUT2D eigenvalue weighted by molar-refractivity contribution is 9.10. The van der Waals surface area contributed by atoms with Crippen molar-refractivity contribution in [1.29, 1.82) is 0 Å². The molecule has 1 amide bonds. The zero-order valence-corrected chi connectivity index (χ0v) is 24.6. The zero-order valence-electron chi connectivity index (χ0n) is 22.2. The Kier molecular flexibility index (Phi) is 9.21. The van der Waals surface area contributed by atoms with E-state index >= 15 is 4.39 Å². The molecule has 3 aromatic carbocycles. The molecule has 0 aliphatic heterocycles. The summed E-state index contributed by atoms with van der Waals surface area (Å²) >= 11 is 9.79. The molecule has 0 aliphatic rings. The second-order valence-electron chi connectivity index (χ2n) is 9.70. The molecule has 40 heavy (non-hydrogen) atoms. The summed E-state index contributed by atoms with van der Waals surface area (Å²) in [4.78, 5) is 32.0. The molecule has 0 saturated heterocycles. The number of esters is 1. The first-order valence-electron chi connectivity index (χ1n) is 12.8. The van der Waals surface area contributed by atoms with Crippen molar-refractivity contribution in [2.45, 2.75) is 45.4 Å². The molecule has 0 saturated carbocycles. The standard InChI is InChI=1S/C31H28BrClF2N2O3/c1-4-9-25(35)40-30(39)31(3,27-22(33)12-8-13-23(27)34)17-36-29(38)26-18(2)28(19-10-6-5-7-11-19)37-24-15-14-20(32)16-21(24)26/h5-8,10-16,25H,4,9,17H2,1-3H3,(H,36,38). The highest BCUT2D eigenvalue weighted by Gasteiger charge is 2.42. The summed E-state index contributed by atoms with van der Waals surface area (Å²) in [7, 11) is 0. The molecule has 0 fully saturated rings. The number of aromatic nitrogens is 1. The number of pyridine rings is 1. The van der Waals surface area contributed by atoms with Crippen molar-refractivity contribution in [3.05, 3.63) is 98.7 Å². The Balaban J connectivity index is 1.78. The minimum Gasteiger partial charge on any atom is -0.430 e. The van der Waals surface area contributed by atoms with Crippen molar-refractivity contribution in [2.24, 2.45) is 0 Å². The van der Waals surface area contributed by atoms with E-state index in [0.717, 1.165) is 16.1 Å². The van der Waals surface area contributed by atoms with E-state index in [1.165, 1.54) is 19.1 Å². The van der Waals surface area contributed by atoms with Gasteiger partial charge in [-0.2, -0.15) is 0 Å². The van der Waals surface area contributed by atoms with E-state index in [0.29, 0.717) is 34.1 Å². The summed E-state index contributed by atoms with van der Waals surface area (Å²) in [6.07, 6.45) is -1.45. The van der Waals surface area contributed by atoms with Crippen molar-refractivity contribution in [3.63, 3.8) is 0 Å². The molecular weight excluding hydrogens is 602 g/mol. The normalized spacial score (nSPS) is 13.5. The fourth-order valence-corrected chi connectivity index (χ4v) is 5.40. The summed E-state index contributed by atoms with van der Waals surface area (Å²) in [5.74, 6) is -2.32. The Hall–Kier alpha value is -3.36. The van der Waals surface area contributed by atoms with Crippen LogP contribution >= 0.6 is 27.5 Å². The van der Waals surface area contributed by atoms with Crippen molar-refractivity contribution < 1.29 is 23.1 Å². The Morgan fingerprint density at radius 2 is 1.85 bits per heavy atom. The van der Waals surface area contributed by atoms with Crippen molar-refractivity contribution in [3.8, 4) is 11.3 Å². The van der Waals surface area contributed by atoms with Crippen LogP contribution in [0.4, 0.5) is 8.78 Å². The number of amides is 1. The highest BCUT2D eigenvalue weighted by Crippen LogP contribution is 2.35. The van der Waals surface area contributed by atoms with Gasteiger partial charge in [-0.1, -0.05) is 70.9 Å². The molecule has 0 bridgehead atoms. The Bertz CT molecular complexity index is 1550. The third-order valence-electron chi connectivity index (χ3n) is 6.78. The number of ether oxygens (including phenoxy) is 1. The van der Waals surface area contributed by atoms with Crippen LogP contribution in [0.15, 0.2) is 71.2 Å². The number of halogens is 4. The number of benzene rings is 3. The quantitative estimate of drug-likeness (QED) is 0.190. The van der Waals surface area contributed by atoms with Gasteiger partial charge >= 0.3 is 5.97 Å². The number of alkyl halides is 1. The van der Waals surface area contributed by atoms with Crippen LogP contribution in [0.1, 0.15) is 48.2 Å². The van der Waals surface area contributed by atoms with Crippen LogP contribution in [-0.2, 0) is 14.9 Å². The lowest BCUT2D eigenvalue weighted by molar-refractivity contribution is -0.165. The highest BCUT2D eigenvalue weighted by atomic mass is 79.9. The number of fused-ring (bicyclic) bond motifs is 1. The number of carbonyl (C=O) groups excluding carboxylic acids is 2. The number of hydrogen-bond acceptors (Lipinski definition) is 4. The van der Waals surface area contributed by atoms with E-state index in [4.69, 9.17) is 21.3 Å². The topological polar surface area (TPSA) is 68.3 Å². The number of carbonyl (C=O) groups is 2. The van der Waals surface area contributed by atoms with E-state index in [9.17, 15) is 14.0 Å². The van der Waals surface area contributed by atoms with Gasteiger partial charge in [0.1, 0.15) is 11.2 Å². The van der Waals surface area contributed by atoms with Crippen molar-refractivity contribution in [2.75, 3.05) is 6.54 Å². The Labute approximate surface area is 245 Å². The fourth-order valence-electron chi connectivity index (χ4n) is 4.67. The molecule has 4 rings (SSSR count). The Morgan fingerprint density at radius 1 is 1.12 bits per heavy atom. The molecule has 1 aromatic heterocycles. The average Bonchev–Trinajstić information content (AvgIpc) is 2.92. The lowest BCUT2D eigenvalue weighted by atomic mass is 9.81. The van der Waals surface area contributed by atoms with Crippen LogP contribution in [0.5, 0.6) is 0 Å². The maximum atomic E-state index is 15.1. The predicted octanol–water partition coefficient (Wildman–Crippen LogP) is 8.09. The van der Waals surface area contributed by atoms with Gasteiger partial charge in [0.15, 0.2) is 0 Å². The third-order valence-corrected chi connectivity index (χ3v) is 7.59. The van der Waals surface area contributed by atoms with E-state index in [1.54, 1.807) is 26.0 Å². The number of rotatable bonds is 9. The first kappa shape index (κ1) is 29.6. The molecule has 1 heterocycles. The second kappa shape index (κ2) is 12.4. The second-order valence-corrected chi connectivity index (χ2v) is 11.0. The molecule has 0 spiro atoms. The molecule has 4 aromatic rings. The summed E-state index contributed by atoms with van der Waals surface area (Å²) in [6, 6.07) is 18.9. The Morgan fingerprint density at radius 3 is 2.52 bits per heavy atom. The molecule has 208 valence electrons. The molecular formula is C31H28BrClF2N2O3. The van der Waals surface area contributed by atoms with Crippen LogP contribution in [0, 0.1) is 12.7 Å².